The Morgan fingerprint density at radius 2 is 1.72 bits per heavy atom. The van der Waals surface area contributed by atoms with Crippen LogP contribution in [0.4, 0.5) is 0 Å². The number of aryl methyl sites for hydroxylation is 3. The van der Waals surface area contributed by atoms with Gasteiger partial charge in [-0.3, -0.25) is 4.98 Å². The standard InChI is InChI=1S/C15H15N3/c1-10-9-15(18-12(3)8-11(2)17-18)13-6-4-5-7-14(13)16-10/h4-9H,1-3H3. The number of fused-ring (bicyclic) bond motifs is 1. The van der Waals surface area contributed by atoms with Crippen LogP contribution in [0.5, 0.6) is 0 Å². The number of hydrogen-bond donors (Lipinski definition) is 0. The van der Waals surface area contributed by atoms with E-state index in [-0.39, 0.29) is 0 Å². The molecule has 0 aliphatic rings. The molecule has 0 N–H and O–H groups in total. The van der Waals surface area contributed by atoms with Crippen LogP contribution < -0.4 is 0 Å². The lowest BCUT2D eigenvalue weighted by Gasteiger charge is -2.09. The summed E-state index contributed by atoms with van der Waals surface area (Å²) in [6, 6.07) is 12.4. The first-order chi connectivity index (χ1) is 8.65. The van der Waals surface area contributed by atoms with Crippen molar-refractivity contribution in [2.75, 3.05) is 0 Å². The molecule has 3 nitrogen and oxygen atoms in total. The minimum Gasteiger partial charge on any atom is -0.253 e. The van der Waals surface area contributed by atoms with E-state index in [1.54, 1.807) is 0 Å². The molecule has 0 bridgehead atoms. The van der Waals surface area contributed by atoms with E-state index in [0.29, 0.717) is 0 Å². The van der Waals surface area contributed by atoms with Gasteiger partial charge in [0.05, 0.1) is 16.9 Å². The van der Waals surface area contributed by atoms with Gasteiger partial charge in [-0.05, 0) is 39.0 Å². The van der Waals surface area contributed by atoms with Crippen molar-refractivity contribution in [3.63, 3.8) is 0 Å². The van der Waals surface area contributed by atoms with Crippen LogP contribution in [-0.2, 0) is 0 Å². The Morgan fingerprint density at radius 3 is 2.44 bits per heavy atom. The van der Waals surface area contributed by atoms with Crippen LogP contribution in [0.3, 0.4) is 0 Å². The van der Waals surface area contributed by atoms with Crippen LogP contribution in [0.1, 0.15) is 17.1 Å². The van der Waals surface area contributed by atoms with E-state index >= 15 is 0 Å². The summed E-state index contributed by atoms with van der Waals surface area (Å²) in [5.41, 5.74) is 5.30. The number of para-hydroxylation sites is 1. The minimum atomic E-state index is 1.01. The normalized spacial score (nSPS) is 11.1. The highest BCUT2D eigenvalue weighted by Crippen LogP contribution is 2.22. The molecule has 0 radical (unpaired) electrons. The fourth-order valence-corrected chi connectivity index (χ4v) is 2.33. The Balaban J connectivity index is 2.38. The number of nitrogens with zero attached hydrogens (tertiary/aromatic N) is 3. The molecule has 2 aromatic heterocycles. The molecule has 0 fully saturated rings. The van der Waals surface area contributed by atoms with Gasteiger partial charge >= 0.3 is 0 Å². The molecule has 0 atom stereocenters. The lowest BCUT2D eigenvalue weighted by molar-refractivity contribution is 0.837. The monoisotopic (exact) mass is 237 g/mol. The number of pyridine rings is 1. The largest absolute Gasteiger partial charge is 0.253 e. The van der Waals surface area contributed by atoms with Crippen LogP contribution in [0.15, 0.2) is 36.4 Å². The fourth-order valence-electron chi connectivity index (χ4n) is 2.33. The van der Waals surface area contributed by atoms with Gasteiger partial charge in [0.1, 0.15) is 0 Å². The second-order valence-corrected chi connectivity index (χ2v) is 4.64. The molecule has 3 aromatic rings. The topological polar surface area (TPSA) is 30.7 Å². The molecular formula is C15H15N3. The van der Waals surface area contributed by atoms with Crippen molar-refractivity contribution < 1.29 is 0 Å². The minimum absolute atomic E-state index is 1.01. The molecule has 0 aliphatic carbocycles. The van der Waals surface area contributed by atoms with Crippen molar-refractivity contribution in [3.8, 4) is 5.69 Å². The summed E-state index contributed by atoms with van der Waals surface area (Å²) in [7, 11) is 0. The molecule has 18 heavy (non-hydrogen) atoms. The van der Waals surface area contributed by atoms with Crippen LogP contribution in [-0.4, -0.2) is 14.8 Å². The van der Waals surface area contributed by atoms with Crippen molar-refractivity contribution in [3.05, 3.63) is 53.5 Å². The van der Waals surface area contributed by atoms with Crippen LogP contribution in [0.25, 0.3) is 16.6 Å². The van der Waals surface area contributed by atoms with E-state index in [9.17, 15) is 0 Å². The van der Waals surface area contributed by atoms with Crippen molar-refractivity contribution >= 4 is 10.9 Å². The maximum atomic E-state index is 4.56. The van der Waals surface area contributed by atoms with E-state index < -0.39 is 0 Å². The first kappa shape index (κ1) is 11.0. The number of benzene rings is 1. The molecule has 1 aromatic carbocycles. The average Bonchev–Trinajstić information content (AvgIpc) is 2.67. The third kappa shape index (κ3) is 1.68. The molecule has 0 aliphatic heterocycles. The van der Waals surface area contributed by atoms with Crippen molar-refractivity contribution in [1.82, 2.24) is 14.8 Å². The summed E-state index contributed by atoms with van der Waals surface area (Å²) >= 11 is 0. The van der Waals surface area contributed by atoms with Crippen LogP contribution in [0, 0.1) is 20.8 Å². The molecule has 0 amide bonds. The van der Waals surface area contributed by atoms with E-state index in [4.69, 9.17) is 0 Å². The summed E-state index contributed by atoms with van der Waals surface area (Å²) in [5, 5.41) is 5.69. The summed E-state index contributed by atoms with van der Waals surface area (Å²) in [6.07, 6.45) is 0. The second kappa shape index (κ2) is 3.95. The molecule has 3 rings (SSSR count). The van der Waals surface area contributed by atoms with Crippen molar-refractivity contribution in [1.29, 1.82) is 0 Å². The Kier molecular flexibility index (Phi) is 2.40. The zero-order chi connectivity index (χ0) is 12.7. The maximum absolute atomic E-state index is 4.56. The Bertz CT molecular complexity index is 726. The number of hydrogen-bond acceptors (Lipinski definition) is 2. The molecule has 3 heteroatoms. The lowest BCUT2D eigenvalue weighted by Crippen LogP contribution is -2.01. The smallest absolute Gasteiger partial charge is 0.0760 e. The molecule has 0 saturated carbocycles. The summed E-state index contributed by atoms with van der Waals surface area (Å²) < 4.78 is 1.99. The highest BCUT2D eigenvalue weighted by Gasteiger charge is 2.09. The zero-order valence-electron chi connectivity index (χ0n) is 10.8. The fraction of sp³-hybridized carbons (Fsp3) is 0.200. The Morgan fingerprint density at radius 1 is 0.944 bits per heavy atom. The van der Waals surface area contributed by atoms with E-state index in [0.717, 1.165) is 33.7 Å². The van der Waals surface area contributed by atoms with Crippen molar-refractivity contribution in [2.24, 2.45) is 0 Å². The molecule has 90 valence electrons. The average molecular weight is 237 g/mol. The van der Waals surface area contributed by atoms with Crippen LogP contribution in [0.2, 0.25) is 0 Å². The van der Waals surface area contributed by atoms with Crippen LogP contribution >= 0.6 is 0 Å². The zero-order valence-corrected chi connectivity index (χ0v) is 10.8. The van der Waals surface area contributed by atoms with Gasteiger partial charge in [0.2, 0.25) is 0 Å². The third-order valence-electron chi connectivity index (χ3n) is 3.06. The third-order valence-corrected chi connectivity index (χ3v) is 3.06. The quantitative estimate of drug-likeness (QED) is 0.650. The Labute approximate surface area is 106 Å². The number of aromatic nitrogens is 3. The van der Waals surface area contributed by atoms with Gasteiger partial charge < -0.3 is 0 Å². The van der Waals surface area contributed by atoms with E-state index in [2.05, 4.69) is 35.2 Å². The molecule has 0 saturated heterocycles. The SMILES string of the molecule is Cc1cc(-n2nc(C)cc2C)c2ccccc2n1. The van der Waals surface area contributed by atoms with E-state index in [1.165, 1.54) is 0 Å². The first-order valence-corrected chi connectivity index (χ1v) is 6.05. The summed E-state index contributed by atoms with van der Waals surface area (Å²) in [6.45, 7) is 6.10. The van der Waals surface area contributed by atoms with Gasteiger partial charge in [0.15, 0.2) is 0 Å². The second-order valence-electron chi connectivity index (χ2n) is 4.64. The van der Waals surface area contributed by atoms with Gasteiger partial charge in [-0.25, -0.2) is 4.68 Å². The van der Waals surface area contributed by atoms with E-state index in [1.807, 2.05) is 36.7 Å². The highest BCUT2D eigenvalue weighted by molar-refractivity contribution is 5.87. The molecule has 0 spiro atoms. The van der Waals surface area contributed by atoms with Gasteiger partial charge in [0.25, 0.3) is 0 Å². The lowest BCUT2D eigenvalue weighted by atomic mass is 10.1. The Hall–Kier alpha value is -2.16. The maximum Gasteiger partial charge on any atom is 0.0760 e. The summed E-state index contributed by atoms with van der Waals surface area (Å²) in [4.78, 5) is 4.56. The molecule has 0 unspecified atom stereocenters. The molecule has 2 heterocycles. The molecular weight excluding hydrogens is 222 g/mol. The predicted octanol–water partition coefficient (Wildman–Crippen LogP) is 3.35. The van der Waals surface area contributed by atoms with Gasteiger partial charge in [-0.15, -0.1) is 0 Å². The van der Waals surface area contributed by atoms with Gasteiger partial charge in [0, 0.05) is 16.8 Å². The first-order valence-electron chi connectivity index (χ1n) is 6.05. The highest BCUT2D eigenvalue weighted by atomic mass is 15.3. The predicted molar refractivity (Wildman–Crippen MR) is 73.1 cm³/mol. The van der Waals surface area contributed by atoms with Gasteiger partial charge in [-0.2, -0.15) is 5.10 Å². The summed E-state index contributed by atoms with van der Waals surface area (Å²) in [5.74, 6) is 0. The van der Waals surface area contributed by atoms with Crippen molar-refractivity contribution in [2.45, 2.75) is 20.8 Å². The number of rotatable bonds is 1. The van der Waals surface area contributed by atoms with Gasteiger partial charge in [-0.1, -0.05) is 18.2 Å².